The molecule has 3 heterocycles. The Morgan fingerprint density at radius 2 is 1.82 bits per heavy atom. The highest BCUT2D eigenvalue weighted by Crippen LogP contribution is 2.42. The topological polar surface area (TPSA) is 135 Å². The predicted octanol–water partition coefficient (Wildman–Crippen LogP) is 6.26. The van der Waals surface area contributed by atoms with Crippen molar-refractivity contribution in [2.75, 3.05) is 13.7 Å². The number of aliphatic carboxylic acids is 1. The highest BCUT2D eigenvalue weighted by atomic mass is 16.5. The Morgan fingerprint density at radius 1 is 1.09 bits per heavy atom. The molecule has 0 fully saturated rings. The van der Waals surface area contributed by atoms with Crippen LogP contribution in [0.5, 0.6) is 11.8 Å². The van der Waals surface area contributed by atoms with Crippen molar-refractivity contribution >= 4 is 27.6 Å². The van der Waals surface area contributed by atoms with Crippen LogP contribution in [0, 0.1) is 6.92 Å². The number of nitrogens with zero attached hydrogens (tertiary/aromatic N) is 2. The van der Waals surface area contributed by atoms with Crippen molar-refractivity contribution < 1.29 is 24.5 Å². The number of aromatic nitrogens is 3. The minimum atomic E-state index is -0.907. The van der Waals surface area contributed by atoms with Crippen LogP contribution in [0.25, 0.3) is 43.9 Å². The molecular weight excluding hydrogens is 558 g/mol. The summed E-state index contributed by atoms with van der Waals surface area (Å²) in [4.78, 5) is 36.0. The molecule has 3 N–H and O–H groups in total. The lowest BCUT2D eigenvalue weighted by Crippen LogP contribution is -2.11. The number of ether oxygens (including phenoxy) is 2. The van der Waals surface area contributed by atoms with E-state index in [1.807, 2.05) is 49.4 Å². The number of hydrogen-bond acceptors (Lipinski definition) is 7. The van der Waals surface area contributed by atoms with E-state index >= 15 is 0 Å². The molecule has 2 aromatic heterocycles. The number of methoxy groups -OCH3 is 1. The Hall–Kier alpha value is -5.02. The highest BCUT2D eigenvalue weighted by molar-refractivity contribution is 6.09. The summed E-state index contributed by atoms with van der Waals surface area (Å²) in [6.45, 7) is 13.8. The van der Waals surface area contributed by atoms with Gasteiger partial charge in [0, 0.05) is 29.8 Å². The SMILES string of the molecule is C=C.CC(C)(C)O.COc1ncc(-c2ccc3c(-c4ccc5c6c(ccnc46)CCO5)c(CC(=O)O)c(C)cc3c2)c(=O)[nH]1. The Kier molecular flexibility index (Phi) is 9.50. The van der Waals surface area contributed by atoms with Gasteiger partial charge in [-0.05, 0) is 90.6 Å². The first-order valence-electron chi connectivity index (χ1n) is 14.1. The molecule has 0 radical (unpaired) electrons. The van der Waals surface area contributed by atoms with E-state index in [2.05, 4.69) is 23.1 Å². The minimum Gasteiger partial charge on any atom is -0.493 e. The number of rotatable bonds is 5. The van der Waals surface area contributed by atoms with Crippen molar-refractivity contribution in [3.63, 3.8) is 0 Å². The number of carbonyl (C=O) groups is 1. The molecule has 0 amide bonds. The first-order valence-corrected chi connectivity index (χ1v) is 14.1. The van der Waals surface area contributed by atoms with Gasteiger partial charge >= 0.3 is 5.97 Å². The number of hydrogen-bond donors (Lipinski definition) is 3. The van der Waals surface area contributed by atoms with Crippen LogP contribution in [0.3, 0.4) is 0 Å². The zero-order chi connectivity index (χ0) is 32.2. The summed E-state index contributed by atoms with van der Waals surface area (Å²) < 4.78 is 10.9. The lowest BCUT2D eigenvalue weighted by Gasteiger charge is -2.22. The number of fused-ring (bicyclic) bond motifs is 1. The lowest BCUT2D eigenvalue weighted by molar-refractivity contribution is -0.136. The van der Waals surface area contributed by atoms with Crippen molar-refractivity contribution in [1.29, 1.82) is 0 Å². The summed E-state index contributed by atoms with van der Waals surface area (Å²) in [5, 5.41) is 21.0. The van der Waals surface area contributed by atoms with Gasteiger partial charge in [0.1, 0.15) is 5.75 Å². The van der Waals surface area contributed by atoms with Crippen LogP contribution in [-0.2, 0) is 17.6 Å². The van der Waals surface area contributed by atoms with E-state index in [1.165, 1.54) is 18.9 Å². The standard InChI is InChI=1S/C29H23N3O5.C4H10O.C2H4/c1-15-11-18-12-17(22-14-31-29(36-2)32-28(22)35)3-4-19(18)26(21(15)13-24(33)34)20-5-6-23-25-16(8-10-37-23)7-9-30-27(20)25;1-4(2,3)5;1-2/h3-7,9,11-12,14H,8,10,13H2,1-2H3,(H,33,34)(H,31,32,35);5H,1-3H3;1-2H2. The van der Waals surface area contributed by atoms with E-state index in [0.717, 1.165) is 56.1 Å². The third-order valence-corrected chi connectivity index (χ3v) is 6.92. The average Bonchev–Trinajstić information content (AvgIpc) is 2.98. The number of carboxylic acid groups (broad SMARTS) is 1. The molecule has 9 heteroatoms. The molecule has 228 valence electrons. The number of pyridine rings is 1. The van der Waals surface area contributed by atoms with Gasteiger partial charge in [-0.1, -0.05) is 18.2 Å². The highest BCUT2D eigenvalue weighted by Gasteiger charge is 2.22. The van der Waals surface area contributed by atoms with E-state index in [9.17, 15) is 14.7 Å². The van der Waals surface area contributed by atoms with Crippen LogP contribution in [0.2, 0.25) is 0 Å². The van der Waals surface area contributed by atoms with Gasteiger partial charge in [0.05, 0.1) is 36.8 Å². The number of aromatic amines is 1. The Bertz CT molecular complexity index is 1890. The average molecular weight is 596 g/mol. The largest absolute Gasteiger partial charge is 0.493 e. The fraction of sp³-hybridized carbons (Fsp3) is 0.257. The number of benzene rings is 3. The van der Waals surface area contributed by atoms with Crippen LogP contribution < -0.4 is 15.0 Å². The molecule has 3 aromatic carbocycles. The Balaban J connectivity index is 0.000000576. The van der Waals surface area contributed by atoms with Gasteiger partial charge < -0.3 is 19.7 Å². The predicted molar refractivity (Wildman–Crippen MR) is 174 cm³/mol. The number of H-pyrrole nitrogens is 1. The summed E-state index contributed by atoms with van der Waals surface area (Å²) >= 11 is 0. The van der Waals surface area contributed by atoms with Gasteiger partial charge in [-0.3, -0.25) is 19.6 Å². The van der Waals surface area contributed by atoms with E-state index in [-0.39, 0.29) is 18.0 Å². The number of nitrogens with one attached hydrogen (secondary N) is 1. The smallest absolute Gasteiger partial charge is 0.307 e. The monoisotopic (exact) mass is 595 g/mol. The molecule has 0 aliphatic carbocycles. The molecule has 1 aliphatic rings. The van der Waals surface area contributed by atoms with E-state index in [0.29, 0.717) is 17.7 Å². The quantitative estimate of drug-likeness (QED) is 0.203. The molecule has 6 rings (SSSR count). The molecule has 0 bridgehead atoms. The van der Waals surface area contributed by atoms with Gasteiger partial charge in [0.2, 0.25) is 0 Å². The van der Waals surface area contributed by atoms with Crippen LogP contribution in [0.15, 0.2) is 72.8 Å². The second kappa shape index (κ2) is 13.1. The zero-order valence-electron chi connectivity index (χ0n) is 25.7. The zero-order valence-corrected chi connectivity index (χ0v) is 25.7. The maximum absolute atomic E-state index is 12.6. The molecule has 0 saturated heterocycles. The van der Waals surface area contributed by atoms with Crippen molar-refractivity contribution in [1.82, 2.24) is 15.0 Å². The maximum atomic E-state index is 12.6. The van der Waals surface area contributed by atoms with Crippen molar-refractivity contribution in [2.24, 2.45) is 0 Å². The van der Waals surface area contributed by atoms with Crippen molar-refractivity contribution in [2.45, 2.75) is 46.1 Å². The van der Waals surface area contributed by atoms with Crippen LogP contribution in [0.4, 0.5) is 0 Å². The third-order valence-electron chi connectivity index (χ3n) is 6.92. The van der Waals surface area contributed by atoms with Gasteiger partial charge in [-0.25, -0.2) is 4.98 Å². The second-order valence-electron chi connectivity index (χ2n) is 11.3. The first-order chi connectivity index (χ1) is 20.9. The summed E-state index contributed by atoms with van der Waals surface area (Å²) in [7, 11) is 1.44. The van der Waals surface area contributed by atoms with Gasteiger partial charge in [0.15, 0.2) is 0 Å². The maximum Gasteiger partial charge on any atom is 0.307 e. The third kappa shape index (κ3) is 6.79. The molecule has 0 unspecified atom stereocenters. The van der Waals surface area contributed by atoms with Crippen molar-refractivity contribution in [3.8, 4) is 34.0 Å². The minimum absolute atomic E-state index is 0.125. The fourth-order valence-electron chi connectivity index (χ4n) is 5.24. The molecule has 0 saturated carbocycles. The molecule has 0 spiro atoms. The Morgan fingerprint density at radius 3 is 2.48 bits per heavy atom. The molecule has 0 atom stereocenters. The van der Waals surface area contributed by atoms with Gasteiger partial charge in [0.25, 0.3) is 11.6 Å². The van der Waals surface area contributed by atoms with Crippen molar-refractivity contribution in [3.05, 3.63) is 95.1 Å². The second-order valence-corrected chi connectivity index (χ2v) is 11.3. The molecule has 1 aliphatic heterocycles. The van der Waals surface area contributed by atoms with Crippen LogP contribution in [-0.4, -0.2) is 50.5 Å². The van der Waals surface area contributed by atoms with Crippen LogP contribution >= 0.6 is 0 Å². The van der Waals surface area contributed by atoms with E-state index in [1.54, 1.807) is 27.0 Å². The normalized spacial score (nSPS) is 12.0. The molecular formula is C35H37N3O6. The number of aryl methyl sites for hydroxylation is 1. The fourth-order valence-corrected chi connectivity index (χ4v) is 5.24. The molecule has 9 nitrogen and oxygen atoms in total. The first kappa shape index (κ1) is 31.9. The Labute approximate surface area is 255 Å². The van der Waals surface area contributed by atoms with Crippen LogP contribution in [0.1, 0.15) is 37.5 Å². The molecule has 5 aromatic rings. The van der Waals surface area contributed by atoms with E-state index in [4.69, 9.17) is 19.6 Å². The number of aliphatic hydroxyl groups is 1. The lowest BCUT2D eigenvalue weighted by atomic mass is 9.86. The van der Waals surface area contributed by atoms with Gasteiger partial charge in [-0.2, -0.15) is 0 Å². The summed E-state index contributed by atoms with van der Waals surface area (Å²) in [6.07, 6.45) is 3.95. The number of carboxylic acids is 1. The summed E-state index contributed by atoms with van der Waals surface area (Å²) in [6, 6.07) is 13.7. The van der Waals surface area contributed by atoms with Gasteiger partial charge in [-0.15, -0.1) is 13.2 Å². The molecule has 44 heavy (non-hydrogen) atoms. The summed E-state index contributed by atoms with van der Waals surface area (Å²) in [5.41, 5.74) is 5.52. The summed E-state index contributed by atoms with van der Waals surface area (Å²) in [5.74, 6) is -0.117. The van der Waals surface area contributed by atoms with E-state index < -0.39 is 11.6 Å².